The Balaban J connectivity index is 1.86. The standard InChI is InChI=1S/C15H22BrNO2/c1-12-3-4-14(16)7-13(12)5-6-17(2)8-15(9-18)10-19-11-15/h3-4,7,18H,5-6,8-11H2,1-2H3. The summed E-state index contributed by atoms with van der Waals surface area (Å²) < 4.78 is 6.37. The van der Waals surface area contributed by atoms with Crippen molar-refractivity contribution in [3.05, 3.63) is 33.8 Å². The van der Waals surface area contributed by atoms with Gasteiger partial charge in [0.15, 0.2) is 0 Å². The molecule has 0 aromatic heterocycles. The summed E-state index contributed by atoms with van der Waals surface area (Å²) in [6.45, 7) is 5.63. The summed E-state index contributed by atoms with van der Waals surface area (Å²) in [5.74, 6) is 0. The Morgan fingerprint density at radius 3 is 2.74 bits per heavy atom. The molecule has 1 aromatic rings. The smallest absolute Gasteiger partial charge is 0.0579 e. The number of likely N-dealkylation sites (N-methyl/N-ethyl adjacent to an activating group) is 1. The molecule has 0 amide bonds. The predicted octanol–water partition coefficient (Wildman–Crippen LogP) is 2.24. The summed E-state index contributed by atoms with van der Waals surface area (Å²) >= 11 is 3.52. The van der Waals surface area contributed by atoms with Crippen LogP contribution >= 0.6 is 15.9 Å². The molecule has 106 valence electrons. The number of aliphatic hydroxyl groups excluding tert-OH is 1. The number of rotatable bonds is 6. The van der Waals surface area contributed by atoms with Crippen LogP contribution in [-0.2, 0) is 11.2 Å². The fraction of sp³-hybridized carbons (Fsp3) is 0.600. The highest BCUT2D eigenvalue weighted by atomic mass is 79.9. The van der Waals surface area contributed by atoms with Crippen LogP contribution in [-0.4, -0.2) is 50.0 Å². The van der Waals surface area contributed by atoms with Crippen LogP contribution in [0.2, 0.25) is 0 Å². The van der Waals surface area contributed by atoms with Crippen LogP contribution in [0.1, 0.15) is 11.1 Å². The minimum absolute atomic E-state index is 0.0267. The summed E-state index contributed by atoms with van der Waals surface area (Å²) in [7, 11) is 2.11. The summed E-state index contributed by atoms with van der Waals surface area (Å²) in [6.07, 6.45) is 1.03. The molecule has 1 heterocycles. The third-order valence-electron chi connectivity index (χ3n) is 3.83. The van der Waals surface area contributed by atoms with Crippen LogP contribution in [0.5, 0.6) is 0 Å². The van der Waals surface area contributed by atoms with Crippen LogP contribution in [0.25, 0.3) is 0 Å². The van der Waals surface area contributed by atoms with Gasteiger partial charge in [-0.05, 0) is 43.7 Å². The first-order valence-corrected chi connectivity index (χ1v) is 7.46. The van der Waals surface area contributed by atoms with E-state index in [-0.39, 0.29) is 12.0 Å². The Kier molecular flexibility index (Phi) is 5.01. The molecule has 0 atom stereocenters. The minimum atomic E-state index is -0.0267. The van der Waals surface area contributed by atoms with Gasteiger partial charge in [0.1, 0.15) is 0 Å². The highest BCUT2D eigenvalue weighted by molar-refractivity contribution is 9.10. The number of halogens is 1. The summed E-state index contributed by atoms with van der Waals surface area (Å²) in [5.41, 5.74) is 2.69. The summed E-state index contributed by atoms with van der Waals surface area (Å²) in [6, 6.07) is 6.42. The normalized spacial score (nSPS) is 17.5. The summed E-state index contributed by atoms with van der Waals surface area (Å²) in [5, 5.41) is 9.44. The maximum absolute atomic E-state index is 9.44. The second kappa shape index (κ2) is 6.35. The van der Waals surface area contributed by atoms with Crippen molar-refractivity contribution in [3.63, 3.8) is 0 Å². The van der Waals surface area contributed by atoms with Gasteiger partial charge < -0.3 is 14.7 Å². The van der Waals surface area contributed by atoms with Crippen molar-refractivity contribution in [2.75, 3.05) is 40.0 Å². The third kappa shape index (κ3) is 3.78. The van der Waals surface area contributed by atoms with Crippen molar-refractivity contribution in [3.8, 4) is 0 Å². The summed E-state index contributed by atoms with van der Waals surface area (Å²) in [4.78, 5) is 2.29. The minimum Gasteiger partial charge on any atom is -0.396 e. The van der Waals surface area contributed by atoms with Gasteiger partial charge in [-0.25, -0.2) is 0 Å². The van der Waals surface area contributed by atoms with Gasteiger partial charge in [-0.1, -0.05) is 22.0 Å². The van der Waals surface area contributed by atoms with E-state index in [9.17, 15) is 5.11 Å². The van der Waals surface area contributed by atoms with Crippen LogP contribution in [0.15, 0.2) is 22.7 Å². The molecule has 1 saturated heterocycles. The lowest BCUT2D eigenvalue weighted by Crippen LogP contribution is -2.52. The van der Waals surface area contributed by atoms with E-state index in [1.807, 2.05) is 0 Å². The molecular formula is C15H22BrNO2. The van der Waals surface area contributed by atoms with Crippen LogP contribution in [0.4, 0.5) is 0 Å². The Hall–Kier alpha value is -0.420. The van der Waals surface area contributed by atoms with Gasteiger partial charge in [0.05, 0.1) is 25.2 Å². The lowest BCUT2D eigenvalue weighted by atomic mass is 9.86. The Morgan fingerprint density at radius 1 is 1.42 bits per heavy atom. The van der Waals surface area contributed by atoms with Gasteiger partial charge in [0.25, 0.3) is 0 Å². The van der Waals surface area contributed by atoms with Crippen molar-refractivity contribution in [1.29, 1.82) is 0 Å². The molecule has 2 rings (SSSR count). The molecule has 1 fully saturated rings. The Labute approximate surface area is 123 Å². The Bertz CT molecular complexity index is 427. The molecule has 1 aromatic carbocycles. The number of ether oxygens (including phenoxy) is 1. The fourth-order valence-electron chi connectivity index (χ4n) is 2.50. The number of hydrogen-bond donors (Lipinski definition) is 1. The van der Waals surface area contributed by atoms with Crippen molar-refractivity contribution in [2.45, 2.75) is 13.3 Å². The molecule has 0 spiro atoms. The first-order valence-electron chi connectivity index (χ1n) is 6.67. The van der Waals surface area contributed by atoms with Crippen molar-refractivity contribution < 1.29 is 9.84 Å². The van der Waals surface area contributed by atoms with E-state index in [1.54, 1.807) is 0 Å². The second-order valence-corrected chi connectivity index (χ2v) is 6.63. The lowest BCUT2D eigenvalue weighted by Gasteiger charge is -2.42. The van der Waals surface area contributed by atoms with Gasteiger partial charge in [-0.3, -0.25) is 0 Å². The van der Waals surface area contributed by atoms with Gasteiger partial charge in [-0.15, -0.1) is 0 Å². The first-order chi connectivity index (χ1) is 9.04. The van der Waals surface area contributed by atoms with E-state index < -0.39 is 0 Å². The van der Waals surface area contributed by atoms with Gasteiger partial charge in [0, 0.05) is 17.6 Å². The molecule has 19 heavy (non-hydrogen) atoms. The molecule has 0 aliphatic carbocycles. The molecular weight excluding hydrogens is 306 g/mol. The zero-order chi connectivity index (χ0) is 13.9. The zero-order valence-corrected chi connectivity index (χ0v) is 13.2. The number of benzene rings is 1. The highest BCUT2D eigenvalue weighted by Crippen LogP contribution is 2.27. The van der Waals surface area contributed by atoms with E-state index in [2.05, 4.69) is 53.0 Å². The zero-order valence-electron chi connectivity index (χ0n) is 11.7. The third-order valence-corrected chi connectivity index (χ3v) is 4.32. The van der Waals surface area contributed by atoms with Gasteiger partial charge >= 0.3 is 0 Å². The molecule has 0 radical (unpaired) electrons. The van der Waals surface area contributed by atoms with Gasteiger partial charge in [0.2, 0.25) is 0 Å². The average Bonchev–Trinajstić information content (AvgIpc) is 2.35. The lowest BCUT2D eigenvalue weighted by molar-refractivity contribution is -0.146. The maximum Gasteiger partial charge on any atom is 0.0579 e. The number of aliphatic hydroxyl groups is 1. The first kappa shape index (κ1) is 15.0. The molecule has 1 aliphatic rings. The molecule has 0 saturated carbocycles. The maximum atomic E-state index is 9.44. The second-order valence-electron chi connectivity index (χ2n) is 5.71. The van der Waals surface area contributed by atoms with Crippen LogP contribution < -0.4 is 0 Å². The van der Waals surface area contributed by atoms with Crippen molar-refractivity contribution >= 4 is 15.9 Å². The molecule has 3 nitrogen and oxygen atoms in total. The van der Waals surface area contributed by atoms with E-state index in [0.29, 0.717) is 13.2 Å². The molecule has 1 aliphatic heterocycles. The largest absolute Gasteiger partial charge is 0.396 e. The monoisotopic (exact) mass is 327 g/mol. The van der Waals surface area contributed by atoms with Crippen molar-refractivity contribution in [2.24, 2.45) is 5.41 Å². The Morgan fingerprint density at radius 2 is 2.16 bits per heavy atom. The fourth-order valence-corrected chi connectivity index (χ4v) is 2.90. The molecule has 0 bridgehead atoms. The number of aryl methyl sites for hydroxylation is 1. The van der Waals surface area contributed by atoms with Gasteiger partial charge in [-0.2, -0.15) is 0 Å². The van der Waals surface area contributed by atoms with E-state index in [1.165, 1.54) is 11.1 Å². The topological polar surface area (TPSA) is 32.7 Å². The SMILES string of the molecule is Cc1ccc(Br)cc1CCN(C)CC1(CO)COC1. The molecule has 1 N–H and O–H groups in total. The van der Waals surface area contributed by atoms with E-state index in [4.69, 9.17) is 4.74 Å². The number of nitrogens with zero attached hydrogens (tertiary/aromatic N) is 1. The average molecular weight is 328 g/mol. The van der Waals surface area contributed by atoms with E-state index >= 15 is 0 Å². The van der Waals surface area contributed by atoms with E-state index in [0.717, 1.165) is 24.0 Å². The molecule has 0 unspecified atom stereocenters. The van der Waals surface area contributed by atoms with Crippen LogP contribution in [0, 0.1) is 12.3 Å². The quantitative estimate of drug-likeness (QED) is 0.869. The number of hydrogen-bond acceptors (Lipinski definition) is 3. The predicted molar refractivity (Wildman–Crippen MR) is 80.4 cm³/mol. The van der Waals surface area contributed by atoms with Crippen molar-refractivity contribution in [1.82, 2.24) is 4.90 Å². The molecule has 4 heteroatoms. The van der Waals surface area contributed by atoms with Crippen LogP contribution in [0.3, 0.4) is 0 Å². The highest BCUT2D eigenvalue weighted by Gasteiger charge is 2.38.